The number of anilines is 1. The van der Waals surface area contributed by atoms with E-state index in [0.29, 0.717) is 6.07 Å². The Morgan fingerprint density at radius 1 is 1.31 bits per heavy atom. The van der Waals surface area contributed by atoms with Gasteiger partial charge in [-0.1, -0.05) is 6.07 Å². The van der Waals surface area contributed by atoms with E-state index in [1.807, 2.05) is 0 Å². The Balaban J connectivity index is 3.25. The average Bonchev–Trinajstić information content (AvgIpc) is 2.04. The topological polar surface area (TPSA) is 66.4 Å². The van der Waals surface area contributed by atoms with Crippen LogP contribution in [0.2, 0.25) is 0 Å². The second-order valence-corrected chi connectivity index (χ2v) is 4.82. The number of rotatable bonds is 2. The smallest absolute Gasteiger partial charge is 0.420 e. The average molecular weight is 255 g/mol. The van der Waals surface area contributed by atoms with Gasteiger partial charge >= 0.3 is 6.18 Å². The van der Waals surface area contributed by atoms with Gasteiger partial charge in [0.05, 0.1) is 17.5 Å². The Kier molecular flexibility index (Phi) is 3.04. The van der Waals surface area contributed by atoms with Crippen molar-refractivity contribution in [3.8, 4) is 5.75 Å². The summed E-state index contributed by atoms with van der Waals surface area (Å²) in [5, 5.41) is 9.24. The number of alkyl halides is 3. The molecule has 1 aromatic rings. The maximum atomic E-state index is 12.3. The van der Waals surface area contributed by atoms with Crippen LogP contribution in [0.1, 0.15) is 5.56 Å². The van der Waals surface area contributed by atoms with Gasteiger partial charge in [-0.15, -0.1) is 0 Å². The van der Waals surface area contributed by atoms with Crippen LogP contribution in [0.15, 0.2) is 18.2 Å². The van der Waals surface area contributed by atoms with Gasteiger partial charge in [0.2, 0.25) is 10.0 Å². The highest BCUT2D eigenvalue weighted by atomic mass is 32.2. The lowest BCUT2D eigenvalue weighted by atomic mass is 10.1. The van der Waals surface area contributed by atoms with Crippen molar-refractivity contribution in [1.82, 2.24) is 0 Å². The molecule has 0 aliphatic carbocycles. The molecule has 90 valence electrons. The van der Waals surface area contributed by atoms with E-state index in [4.69, 9.17) is 0 Å². The summed E-state index contributed by atoms with van der Waals surface area (Å²) in [5.74, 6) is -1.14. The molecule has 0 unspecified atom stereocenters. The van der Waals surface area contributed by atoms with Gasteiger partial charge in [0.15, 0.2) is 5.75 Å². The third-order valence-corrected chi connectivity index (χ3v) is 2.23. The molecule has 0 saturated heterocycles. The maximum Gasteiger partial charge on any atom is 0.420 e. The third-order valence-electron chi connectivity index (χ3n) is 1.64. The van der Waals surface area contributed by atoms with Gasteiger partial charge in [-0.25, -0.2) is 8.42 Å². The predicted octanol–water partition coefficient (Wildman–Crippen LogP) is 1.78. The first-order valence-corrected chi connectivity index (χ1v) is 5.87. The number of phenolic OH excluding ortho intramolecular Hbond substituents is 1. The van der Waals surface area contributed by atoms with E-state index >= 15 is 0 Å². The number of hydrogen-bond donors (Lipinski definition) is 2. The lowest BCUT2D eigenvalue weighted by Crippen LogP contribution is -2.12. The fraction of sp³-hybridized carbons (Fsp3) is 0.250. The first-order chi connectivity index (χ1) is 7.11. The molecule has 4 nitrogen and oxygen atoms in total. The summed E-state index contributed by atoms with van der Waals surface area (Å²) in [6.07, 6.45) is -3.97. The number of halogens is 3. The number of nitrogens with one attached hydrogen (secondary N) is 1. The summed E-state index contributed by atoms with van der Waals surface area (Å²) in [6, 6.07) is 2.68. The van der Waals surface area contributed by atoms with Crippen molar-refractivity contribution >= 4 is 15.7 Å². The molecule has 0 saturated carbocycles. The summed E-state index contributed by atoms with van der Waals surface area (Å²) in [4.78, 5) is 0. The molecule has 0 aliphatic heterocycles. The standard InChI is InChI=1S/C8H8F3NO3S/c1-16(14,15)12-6-4-2-3-5(7(6)13)8(9,10)11/h2-4,12-13H,1H3. The van der Waals surface area contributed by atoms with Crippen molar-refractivity contribution in [3.63, 3.8) is 0 Å². The molecule has 0 atom stereocenters. The maximum absolute atomic E-state index is 12.3. The van der Waals surface area contributed by atoms with Gasteiger partial charge in [-0.05, 0) is 12.1 Å². The number of benzene rings is 1. The number of aromatic hydroxyl groups is 1. The Morgan fingerprint density at radius 3 is 2.31 bits per heavy atom. The van der Waals surface area contributed by atoms with Gasteiger partial charge in [-0.2, -0.15) is 13.2 Å². The number of phenols is 1. The molecule has 1 rings (SSSR count). The number of para-hydroxylation sites is 1. The largest absolute Gasteiger partial charge is 0.505 e. The van der Waals surface area contributed by atoms with Crippen LogP contribution in [0.25, 0.3) is 0 Å². The molecule has 0 spiro atoms. The van der Waals surface area contributed by atoms with Crippen LogP contribution in [0.4, 0.5) is 18.9 Å². The van der Waals surface area contributed by atoms with E-state index in [2.05, 4.69) is 0 Å². The van der Waals surface area contributed by atoms with Crippen molar-refractivity contribution < 1.29 is 26.7 Å². The van der Waals surface area contributed by atoms with E-state index < -0.39 is 33.2 Å². The van der Waals surface area contributed by atoms with Crippen molar-refractivity contribution in [2.45, 2.75) is 6.18 Å². The minimum atomic E-state index is -4.74. The van der Waals surface area contributed by atoms with E-state index in [0.717, 1.165) is 18.4 Å². The molecule has 1 aromatic carbocycles. The molecule has 2 N–H and O–H groups in total. The molecule has 0 heterocycles. The van der Waals surface area contributed by atoms with E-state index in [9.17, 15) is 26.7 Å². The van der Waals surface area contributed by atoms with Gasteiger partial charge in [-0.3, -0.25) is 4.72 Å². The van der Waals surface area contributed by atoms with Crippen LogP contribution >= 0.6 is 0 Å². The zero-order chi connectivity index (χ0) is 12.6. The lowest BCUT2D eigenvalue weighted by Gasteiger charge is -2.12. The molecule has 8 heteroatoms. The van der Waals surface area contributed by atoms with Crippen molar-refractivity contribution in [3.05, 3.63) is 23.8 Å². The number of hydrogen-bond acceptors (Lipinski definition) is 3. The monoisotopic (exact) mass is 255 g/mol. The fourth-order valence-corrected chi connectivity index (χ4v) is 1.62. The Labute approximate surface area is 89.8 Å². The van der Waals surface area contributed by atoms with Crippen LogP contribution in [0.3, 0.4) is 0 Å². The van der Waals surface area contributed by atoms with Gasteiger partial charge in [0.1, 0.15) is 0 Å². The van der Waals surface area contributed by atoms with Crippen LogP contribution in [-0.2, 0) is 16.2 Å². The highest BCUT2D eigenvalue weighted by Gasteiger charge is 2.34. The van der Waals surface area contributed by atoms with Gasteiger partial charge in [0, 0.05) is 0 Å². The minimum Gasteiger partial charge on any atom is -0.505 e. The molecule has 0 bridgehead atoms. The first kappa shape index (κ1) is 12.6. The first-order valence-electron chi connectivity index (χ1n) is 3.98. The summed E-state index contributed by atoms with van der Waals surface area (Å²) in [7, 11) is -3.74. The highest BCUT2D eigenvalue weighted by molar-refractivity contribution is 7.92. The van der Waals surface area contributed by atoms with Crippen LogP contribution in [0.5, 0.6) is 5.75 Å². The summed E-state index contributed by atoms with van der Waals surface area (Å²) in [6.45, 7) is 0. The zero-order valence-electron chi connectivity index (χ0n) is 8.04. The fourth-order valence-electron chi connectivity index (χ4n) is 1.05. The molecule has 0 radical (unpaired) electrons. The van der Waals surface area contributed by atoms with E-state index in [1.165, 1.54) is 0 Å². The van der Waals surface area contributed by atoms with E-state index in [-0.39, 0.29) is 0 Å². The van der Waals surface area contributed by atoms with E-state index in [1.54, 1.807) is 4.72 Å². The molecular formula is C8H8F3NO3S. The van der Waals surface area contributed by atoms with Crippen LogP contribution in [0, 0.1) is 0 Å². The number of sulfonamides is 1. The molecule has 0 aromatic heterocycles. The van der Waals surface area contributed by atoms with Gasteiger partial charge in [0.25, 0.3) is 0 Å². The highest BCUT2D eigenvalue weighted by Crippen LogP contribution is 2.39. The molecular weight excluding hydrogens is 247 g/mol. The zero-order valence-corrected chi connectivity index (χ0v) is 8.85. The second-order valence-electron chi connectivity index (χ2n) is 3.07. The predicted molar refractivity (Wildman–Crippen MR) is 51.6 cm³/mol. The van der Waals surface area contributed by atoms with Crippen LogP contribution in [-0.4, -0.2) is 19.8 Å². The molecule has 0 fully saturated rings. The molecule has 0 amide bonds. The quantitative estimate of drug-likeness (QED) is 0.792. The van der Waals surface area contributed by atoms with Crippen molar-refractivity contribution in [2.75, 3.05) is 11.0 Å². The second kappa shape index (κ2) is 3.85. The normalized spacial score (nSPS) is 12.5. The Morgan fingerprint density at radius 2 is 1.88 bits per heavy atom. The Hall–Kier alpha value is -1.44. The SMILES string of the molecule is CS(=O)(=O)Nc1cccc(C(F)(F)F)c1O. The minimum absolute atomic E-state index is 0.502. The lowest BCUT2D eigenvalue weighted by molar-refractivity contribution is -0.138. The van der Waals surface area contributed by atoms with Gasteiger partial charge < -0.3 is 5.11 Å². The van der Waals surface area contributed by atoms with Crippen molar-refractivity contribution in [1.29, 1.82) is 0 Å². The van der Waals surface area contributed by atoms with Crippen molar-refractivity contribution in [2.24, 2.45) is 0 Å². The Bertz CT molecular complexity index is 496. The molecule has 16 heavy (non-hydrogen) atoms. The summed E-state index contributed by atoms with van der Waals surface area (Å²) < 4.78 is 60.4. The molecule has 0 aliphatic rings. The third kappa shape index (κ3) is 3.02. The summed E-state index contributed by atoms with van der Waals surface area (Å²) >= 11 is 0. The summed E-state index contributed by atoms with van der Waals surface area (Å²) in [5.41, 5.74) is -1.79. The van der Waals surface area contributed by atoms with Crippen LogP contribution < -0.4 is 4.72 Å².